The Bertz CT molecular complexity index is 3160. The smallest absolute Gasteiger partial charge is 0.165 e. The quantitative estimate of drug-likeness (QED) is 0.196. The van der Waals surface area contributed by atoms with Crippen molar-refractivity contribution in [2.45, 2.75) is 12.8 Å². The predicted molar refractivity (Wildman–Crippen MR) is 197 cm³/mol. The Hall–Kier alpha value is -6.44. The summed E-state index contributed by atoms with van der Waals surface area (Å²) >= 11 is 0. The molecule has 0 unspecified atom stereocenters. The van der Waals surface area contributed by atoms with Crippen molar-refractivity contribution in [2.75, 3.05) is 0 Å². The SMILES string of the molecule is c1cccc(-c2nc3ccccc3nc2-n2c3c4c5c(ccc6c7cc8ccccc8cc7n(c7cccc8ccc2c4c87)c65)CC3)c#1. The van der Waals surface area contributed by atoms with Crippen LogP contribution in [-0.2, 0) is 12.8 Å². The summed E-state index contributed by atoms with van der Waals surface area (Å²) in [7, 11) is 0. The highest BCUT2D eigenvalue weighted by molar-refractivity contribution is 6.33. The molecule has 0 N–H and O–H groups in total. The summed E-state index contributed by atoms with van der Waals surface area (Å²) in [5.41, 5.74) is 11.1. The van der Waals surface area contributed by atoms with Crippen LogP contribution < -0.4 is 0 Å². The molecule has 4 heterocycles. The summed E-state index contributed by atoms with van der Waals surface area (Å²) in [5, 5.41) is 11.6. The van der Waals surface area contributed by atoms with E-state index in [1.165, 1.54) is 76.3 Å². The lowest BCUT2D eigenvalue weighted by Gasteiger charge is -2.18. The summed E-state index contributed by atoms with van der Waals surface area (Å²) in [6.45, 7) is 0. The van der Waals surface area contributed by atoms with Crippen molar-refractivity contribution in [3.8, 4) is 17.1 Å². The number of aromatic nitrogens is 4. The summed E-state index contributed by atoms with van der Waals surface area (Å²) in [5.74, 6) is 0.843. The summed E-state index contributed by atoms with van der Waals surface area (Å²) in [6.07, 6.45) is 1.87. The molecule has 48 heavy (non-hydrogen) atoms. The Morgan fingerprint density at radius 2 is 1.40 bits per heavy atom. The van der Waals surface area contributed by atoms with Crippen molar-refractivity contribution >= 4 is 81.6 Å². The molecule has 0 aliphatic heterocycles. The van der Waals surface area contributed by atoms with Crippen LogP contribution in [0.4, 0.5) is 0 Å². The molecule has 0 radical (unpaired) electrons. The maximum absolute atomic E-state index is 5.39. The van der Waals surface area contributed by atoms with Crippen LogP contribution in [0.25, 0.3) is 98.7 Å². The highest BCUT2D eigenvalue weighted by Gasteiger charge is 2.29. The van der Waals surface area contributed by atoms with E-state index in [4.69, 9.17) is 9.97 Å². The minimum Gasteiger partial charge on any atom is -0.308 e. The number of hydrogen-bond donors (Lipinski definition) is 0. The molecular formula is C44H24N4. The van der Waals surface area contributed by atoms with E-state index in [-0.39, 0.29) is 0 Å². The predicted octanol–water partition coefficient (Wildman–Crippen LogP) is 10.4. The van der Waals surface area contributed by atoms with Crippen LogP contribution in [0, 0.1) is 12.1 Å². The van der Waals surface area contributed by atoms with Crippen LogP contribution in [-0.4, -0.2) is 18.9 Å². The first-order valence-corrected chi connectivity index (χ1v) is 16.6. The second kappa shape index (κ2) is 8.67. The number of benzene rings is 6. The normalized spacial score (nSPS) is 13.1. The van der Waals surface area contributed by atoms with Gasteiger partial charge >= 0.3 is 0 Å². The molecular weight excluding hydrogens is 585 g/mol. The molecule has 1 aliphatic rings. The third-order valence-corrected chi connectivity index (χ3v) is 10.7. The zero-order valence-corrected chi connectivity index (χ0v) is 25.8. The van der Waals surface area contributed by atoms with Crippen LogP contribution in [0.3, 0.4) is 0 Å². The molecule has 0 atom stereocenters. The number of fused-ring (bicyclic) bond motifs is 6. The third kappa shape index (κ3) is 2.98. The standard InChI is InChI=1S/C44H24N4/c1-2-9-27(10-3-1)42-44(46-33-15-7-6-14-32(33)45-42)48-35-21-18-25-13-8-16-34-38(25)40(35)41-36(48)22-19-26-17-20-30-31-23-28-11-4-5-12-29(28)24-37(31)47(34)43(30)39(26)41/h1-2,4-9,11-18,20-21,23-24H,19,22H2. The van der Waals surface area contributed by atoms with Gasteiger partial charge in [0.05, 0.1) is 38.7 Å². The molecule has 11 aromatic rings. The first-order valence-electron chi connectivity index (χ1n) is 16.6. The molecule has 0 spiro atoms. The third-order valence-electron chi connectivity index (χ3n) is 10.7. The Morgan fingerprint density at radius 1 is 0.562 bits per heavy atom. The van der Waals surface area contributed by atoms with Crippen molar-refractivity contribution in [3.63, 3.8) is 0 Å². The van der Waals surface area contributed by atoms with E-state index in [2.05, 4.69) is 112 Å². The molecule has 0 amide bonds. The van der Waals surface area contributed by atoms with E-state index in [0.29, 0.717) is 0 Å². The lowest BCUT2D eigenvalue weighted by molar-refractivity contribution is 0.869. The largest absolute Gasteiger partial charge is 0.308 e. The van der Waals surface area contributed by atoms with Crippen LogP contribution in [0.1, 0.15) is 11.3 Å². The van der Waals surface area contributed by atoms with Gasteiger partial charge < -0.3 is 4.40 Å². The van der Waals surface area contributed by atoms with Crippen molar-refractivity contribution in [1.29, 1.82) is 0 Å². The van der Waals surface area contributed by atoms with E-state index in [0.717, 1.165) is 46.5 Å². The maximum Gasteiger partial charge on any atom is 0.165 e. The molecule has 0 saturated carbocycles. The summed E-state index contributed by atoms with van der Waals surface area (Å²) < 4.78 is 4.98. The topological polar surface area (TPSA) is 35.1 Å². The van der Waals surface area contributed by atoms with Crippen LogP contribution in [0.2, 0.25) is 0 Å². The molecule has 4 aromatic heterocycles. The molecule has 7 aromatic carbocycles. The average molecular weight is 609 g/mol. The maximum atomic E-state index is 5.39. The number of para-hydroxylation sites is 2. The Kier molecular flexibility index (Phi) is 4.47. The fourth-order valence-electron chi connectivity index (χ4n) is 8.77. The van der Waals surface area contributed by atoms with Gasteiger partial charge in [-0.25, -0.2) is 9.97 Å². The van der Waals surface area contributed by atoms with Crippen molar-refractivity contribution in [3.05, 3.63) is 145 Å². The number of hydrogen-bond acceptors (Lipinski definition) is 2. The fourth-order valence-corrected chi connectivity index (χ4v) is 8.77. The van der Waals surface area contributed by atoms with Gasteiger partial charge in [-0.05, 0) is 83.1 Å². The monoisotopic (exact) mass is 608 g/mol. The van der Waals surface area contributed by atoms with Crippen LogP contribution in [0.5, 0.6) is 0 Å². The van der Waals surface area contributed by atoms with Gasteiger partial charge in [0, 0.05) is 38.0 Å². The van der Waals surface area contributed by atoms with E-state index >= 15 is 0 Å². The summed E-state index contributed by atoms with van der Waals surface area (Å²) in [6, 6.07) is 50.2. The second-order valence-electron chi connectivity index (χ2n) is 13.1. The van der Waals surface area contributed by atoms with Crippen molar-refractivity contribution in [2.24, 2.45) is 0 Å². The van der Waals surface area contributed by atoms with E-state index in [1.807, 2.05) is 30.3 Å². The highest BCUT2D eigenvalue weighted by atomic mass is 15.1. The number of aryl methyl sites for hydroxylation is 2. The van der Waals surface area contributed by atoms with Crippen molar-refractivity contribution < 1.29 is 0 Å². The number of rotatable bonds is 2. The Labute approximate surface area is 274 Å². The zero-order valence-electron chi connectivity index (χ0n) is 25.8. The Balaban J connectivity index is 1.36. The molecule has 12 rings (SSSR count). The van der Waals surface area contributed by atoms with Gasteiger partial charge in [0.15, 0.2) is 5.82 Å². The van der Waals surface area contributed by atoms with Gasteiger partial charge in [-0.1, -0.05) is 84.9 Å². The fraction of sp³-hybridized carbons (Fsp3) is 0.0455. The van der Waals surface area contributed by atoms with Gasteiger partial charge in [0.25, 0.3) is 0 Å². The lowest BCUT2D eigenvalue weighted by atomic mass is 9.91. The number of nitrogens with zero attached hydrogens (tertiary/aromatic N) is 4. The highest BCUT2D eigenvalue weighted by Crippen LogP contribution is 2.48. The second-order valence-corrected chi connectivity index (χ2v) is 13.1. The van der Waals surface area contributed by atoms with Gasteiger partial charge in [0.2, 0.25) is 0 Å². The first kappa shape index (κ1) is 24.7. The molecule has 4 nitrogen and oxygen atoms in total. The molecule has 4 heteroatoms. The molecule has 0 fully saturated rings. The molecule has 220 valence electrons. The van der Waals surface area contributed by atoms with Crippen LogP contribution >= 0.6 is 0 Å². The van der Waals surface area contributed by atoms with E-state index in [9.17, 15) is 0 Å². The van der Waals surface area contributed by atoms with Crippen molar-refractivity contribution in [1.82, 2.24) is 18.9 Å². The molecule has 0 saturated heterocycles. The van der Waals surface area contributed by atoms with E-state index < -0.39 is 0 Å². The Morgan fingerprint density at radius 3 is 2.27 bits per heavy atom. The summed E-state index contributed by atoms with van der Waals surface area (Å²) in [4.78, 5) is 10.6. The zero-order chi connectivity index (χ0) is 31.1. The molecule has 0 bridgehead atoms. The van der Waals surface area contributed by atoms with Gasteiger partial charge in [-0.3, -0.25) is 4.57 Å². The lowest BCUT2D eigenvalue weighted by Crippen LogP contribution is -2.10. The first-order chi connectivity index (χ1) is 23.8. The van der Waals surface area contributed by atoms with Gasteiger partial charge in [-0.15, -0.1) is 0 Å². The van der Waals surface area contributed by atoms with Gasteiger partial charge in [-0.2, -0.15) is 0 Å². The van der Waals surface area contributed by atoms with E-state index in [1.54, 1.807) is 0 Å². The molecule has 1 aliphatic carbocycles. The minimum absolute atomic E-state index is 0.820. The van der Waals surface area contributed by atoms with Gasteiger partial charge in [0.1, 0.15) is 5.69 Å². The average Bonchev–Trinajstić information content (AvgIpc) is 3.61. The minimum atomic E-state index is 0.820. The van der Waals surface area contributed by atoms with Crippen LogP contribution in [0.15, 0.2) is 121 Å².